The van der Waals surface area contributed by atoms with Gasteiger partial charge < -0.3 is 4.74 Å². The SMILES string of the molecule is C[C@H]1[C@H](C)CC[C@]2(C(=O)OCc3cn(-c4ccccc4Br)nn3)CC[C@]3(C)C(=CC[C@@H]4[C@@]5(C)CCC(=O)C(C)(C)[C@@H]5CC[C@]43C)[C@H]12. The molecule has 0 unspecified atom stereocenters. The molecule has 0 amide bonds. The summed E-state index contributed by atoms with van der Waals surface area (Å²) < 4.78 is 8.89. The molecule has 0 spiro atoms. The molecule has 1 aromatic heterocycles. The topological polar surface area (TPSA) is 74.1 Å². The number of Topliss-reactive ketones (excluding diaryl/α,β-unsaturated/α-hetero) is 1. The molecule has 5 aliphatic rings. The minimum absolute atomic E-state index is 0.0288. The number of hydrogen-bond donors (Lipinski definition) is 0. The number of fused-ring (bicyclic) bond motifs is 7. The molecule has 1 heterocycles. The molecule has 5 aliphatic carbocycles. The quantitative estimate of drug-likeness (QED) is 0.236. The molecule has 1 aromatic carbocycles. The van der Waals surface area contributed by atoms with Crippen molar-refractivity contribution in [3.05, 3.63) is 52.3 Å². The monoisotopic (exact) mass is 689 g/mol. The van der Waals surface area contributed by atoms with Gasteiger partial charge in [-0.1, -0.05) is 77.5 Å². The van der Waals surface area contributed by atoms with Gasteiger partial charge in [-0.05, 0) is 125 Å². The Balaban J connectivity index is 1.19. The van der Waals surface area contributed by atoms with Crippen molar-refractivity contribution in [2.24, 2.45) is 56.7 Å². The zero-order chi connectivity index (χ0) is 32.9. The van der Waals surface area contributed by atoms with Gasteiger partial charge in [0.15, 0.2) is 0 Å². The summed E-state index contributed by atoms with van der Waals surface area (Å²) in [4.78, 5) is 27.6. The van der Waals surface area contributed by atoms with Gasteiger partial charge in [0.25, 0.3) is 0 Å². The lowest BCUT2D eigenvalue weighted by atomic mass is 9.33. The second kappa shape index (κ2) is 10.9. The van der Waals surface area contributed by atoms with Crippen molar-refractivity contribution < 1.29 is 14.3 Å². The summed E-state index contributed by atoms with van der Waals surface area (Å²) in [6.45, 7) is 17.0. The van der Waals surface area contributed by atoms with Gasteiger partial charge in [-0.2, -0.15) is 0 Å². The van der Waals surface area contributed by atoms with E-state index in [4.69, 9.17) is 4.74 Å². The lowest BCUT2D eigenvalue weighted by Gasteiger charge is -2.70. The van der Waals surface area contributed by atoms with Gasteiger partial charge in [0.05, 0.1) is 17.3 Å². The van der Waals surface area contributed by atoms with Gasteiger partial charge in [-0.15, -0.1) is 5.10 Å². The fourth-order valence-electron chi connectivity index (χ4n) is 12.0. The Labute approximate surface area is 283 Å². The van der Waals surface area contributed by atoms with E-state index < -0.39 is 5.41 Å². The number of para-hydroxylation sites is 1. The first-order valence-corrected chi connectivity index (χ1v) is 18.6. The van der Waals surface area contributed by atoms with E-state index in [1.54, 1.807) is 10.3 Å². The number of carbonyl (C=O) groups is 2. The van der Waals surface area contributed by atoms with Gasteiger partial charge in [-0.25, -0.2) is 4.68 Å². The molecule has 6 nitrogen and oxygen atoms in total. The van der Waals surface area contributed by atoms with Crippen LogP contribution in [0.15, 0.2) is 46.6 Å². The van der Waals surface area contributed by atoms with E-state index in [9.17, 15) is 9.59 Å². The van der Waals surface area contributed by atoms with Crippen molar-refractivity contribution in [1.29, 1.82) is 0 Å². The number of carbonyl (C=O) groups excluding carboxylic acids is 2. The molecule has 0 saturated heterocycles. The Hall–Kier alpha value is -2.28. The summed E-state index contributed by atoms with van der Waals surface area (Å²) in [5.74, 6) is 2.53. The maximum Gasteiger partial charge on any atom is 0.313 e. The van der Waals surface area contributed by atoms with Crippen LogP contribution in [0.3, 0.4) is 0 Å². The Morgan fingerprint density at radius 1 is 1.00 bits per heavy atom. The second-order valence-corrected chi connectivity index (χ2v) is 18.0. The van der Waals surface area contributed by atoms with E-state index >= 15 is 0 Å². The van der Waals surface area contributed by atoms with Crippen LogP contribution in [0, 0.1) is 56.7 Å². The van der Waals surface area contributed by atoms with Crippen LogP contribution in [-0.2, 0) is 20.9 Å². The Bertz CT molecular complexity index is 1600. The summed E-state index contributed by atoms with van der Waals surface area (Å²) in [5.41, 5.74) is 2.67. The number of benzene rings is 1. The van der Waals surface area contributed by atoms with E-state index in [2.05, 4.69) is 80.8 Å². The molecular weight excluding hydrogens is 638 g/mol. The smallest absolute Gasteiger partial charge is 0.313 e. The number of aromatic nitrogens is 3. The van der Waals surface area contributed by atoms with E-state index in [-0.39, 0.29) is 40.2 Å². The number of nitrogens with zero attached hydrogens (tertiary/aromatic N) is 3. The summed E-state index contributed by atoms with van der Waals surface area (Å²) in [6.07, 6.45) is 13.3. The van der Waals surface area contributed by atoms with Crippen LogP contribution >= 0.6 is 15.9 Å². The van der Waals surface area contributed by atoms with E-state index in [1.807, 2.05) is 30.5 Å². The number of rotatable bonds is 4. The van der Waals surface area contributed by atoms with Gasteiger partial charge >= 0.3 is 5.97 Å². The van der Waals surface area contributed by atoms with E-state index in [1.165, 1.54) is 0 Å². The highest BCUT2D eigenvalue weighted by atomic mass is 79.9. The lowest BCUT2D eigenvalue weighted by molar-refractivity contribution is -0.193. The van der Waals surface area contributed by atoms with Gasteiger partial charge in [-0.3, -0.25) is 9.59 Å². The molecule has 0 N–H and O–H groups in total. The number of halogens is 1. The predicted molar refractivity (Wildman–Crippen MR) is 183 cm³/mol. The van der Waals surface area contributed by atoms with Crippen LogP contribution in [0.5, 0.6) is 0 Å². The average Bonchev–Trinajstić information content (AvgIpc) is 3.49. The maximum absolute atomic E-state index is 14.4. The van der Waals surface area contributed by atoms with Crippen LogP contribution in [0.4, 0.5) is 0 Å². The fourth-order valence-corrected chi connectivity index (χ4v) is 12.5. The summed E-state index contributed by atoms with van der Waals surface area (Å²) in [6, 6.07) is 7.89. The summed E-state index contributed by atoms with van der Waals surface area (Å²) in [5, 5.41) is 8.66. The van der Waals surface area contributed by atoms with Crippen LogP contribution < -0.4 is 0 Å². The van der Waals surface area contributed by atoms with Crippen molar-refractivity contribution in [3.63, 3.8) is 0 Å². The highest BCUT2D eigenvalue weighted by Crippen LogP contribution is 2.75. The molecule has 4 saturated carbocycles. The molecule has 7 heteroatoms. The molecular formula is C39H52BrN3O3. The van der Waals surface area contributed by atoms with Gasteiger partial charge in [0.2, 0.25) is 0 Å². The third-order valence-corrected chi connectivity index (χ3v) is 15.8. The third kappa shape index (κ3) is 4.38. The van der Waals surface area contributed by atoms with Crippen LogP contribution in [0.25, 0.3) is 5.69 Å². The van der Waals surface area contributed by atoms with Crippen LogP contribution in [0.2, 0.25) is 0 Å². The number of ether oxygens (including phenoxy) is 1. The van der Waals surface area contributed by atoms with Gasteiger partial charge in [0.1, 0.15) is 18.1 Å². The van der Waals surface area contributed by atoms with E-state index in [0.29, 0.717) is 41.6 Å². The highest BCUT2D eigenvalue weighted by molar-refractivity contribution is 9.10. The largest absolute Gasteiger partial charge is 0.459 e. The van der Waals surface area contributed by atoms with Crippen molar-refractivity contribution >= 4 is 27.7 Å². The Morgan fingerprint density at radius 3 is 2.52 bits per heavy atom. The first kappa shape index (κ1) is 32.3. The predicted octanol–water partition coefficient (Wildman–Crippen LogP) is 9.30. The Morgan fingerprint density at radius 2 is 1.76 bits per heavy atom. The molecule has 9 atom stereocenters. The molecule has 0 bridgehead atoms. The summed E-state index contributed by atoms with van der Waals surface area (Å²) in [7, 11) is 0. The fraction of sp³-hybridized carbons (Fsp3) is 0.692. The average molecular weight is 691 g/mol. The number of allylic oxidation sites excluding steroid dienone is 2. The molecule has 0 aliphatic heterocycles. The Kier molecular flexibility index (Phi) is 7.62. The van der Waals surface area contributed by atoms with Crippen molar-refractivity contribution in [2.75, 3.05) is 0 Å². The highest BCUT2D eigenvalue weighted by Gasteiger charge is 2.69. The molecule has 7 rings (SSSR count). The number of ketones is 1. The van der Waals surface area contributed by atoms with Gasteiger partial charge in [0, 0.05) is 16.3 Å². The normalized spacial score (nSPS) is 41.3. The van der Waals surface area contributed by atoms with Crippen molar-refractivity contribution in [2.45, 2.75) is 113 Å². The van der Waals surface area contributed by atoms with Crippen molar-refractivity contribution in [3.8, 4) is 5.69 Å². The number of hydrogen-bond acceptors (Lipinski definition) is 5. The zero-order valence-corrected chi connectivity index (χ0v) is 30.5. The molecule has 248 valence electrons. The maximum atomic E-state index is 14.4. The van der Waals surface area contributed by atoms with Crippen LogP contribution in [-0.4, -0.2) is 26.7 Å². The molecule has 2 aromatic rings. The zero-order valence-electron chi connectivity index (χ0n) is 28.9. The first-order valence-electron chi connectivity index (χ1n) is 17.8. The third-order valence-electron chi connectivity index (χ3n) is 15.1. The minimum atomic E-state index is -0.501. The molecule has 46 heavy (non-hydrogen) atoms. The standard InChI is InChI=1S/C39H52BrN3O3/c1-24-14-19-39(34(45)46-23-26-22-43(42-41-26)29-11-9-8-10-28(29)40)21-20-37(6)27(33(39)25(24)2)12-13-31-36(5)17-16-32(44)35(3,4)30(36)15-18-38(31,37)7/h8-12,22,24-25,30-31,33H,13-21,23H2,1-7H3/t24-,25+,30+,31-,33+,36+,37-,38-,39+/m1/s1. The second-order valence-electron chi connectivity index (χ2n) is 17.1. The first-order chi connectivity index (χ1) is 21.7. The number of esters is 1. The van der Waals surface area contributed by atoms with Crippen molar-refractivity contribution in [1.82, 2.24) is 15.0 Å². The summed E-state index contributed by atoms with van der Waals surface area (Å²) >= 11 is 3.60. The molecule has 0 radical (unpaired) electrons. The molecule has 4 fully saturated rings. The van der Waals surface area contributed by atoms with Crippen LogP contribution in [0.1, 0.15) is 112 Å². The minimum Gasteiger partial charge on any atom is -0.459 e. The van der Waals surface area contributed by atoms with E-state index in [0.717, 1.165) is 61.5 Å². The lowest BCUT2D eigenvalue weighted by Crippen LogP contribution is -2.65.